The normalized spacial score (nSPS) is 11.8. The molecule has 174 valence electrons. The zero-order valence-corrected chi connectivity index (χ0v) is 20.3. The smallest absolute Gasteiger partial charge is 0.241 e. The molecule has 33 heavy (non-hydrogen) atoms. The molecule has 0 unspecified atom stereocenters. The van der Waals surface area contributed by atoms with Gasteiger partial charge in [-0.3, -0.25) is 4.79 Å². The van der Waals surface area contributed by atoms with Gasteiger partial charge < -0.3 is 4.90 Å². The van der Waals surface area contributed by atoms with E-state index in [1.54, 1.807) is 45.0 Å². The van der Waals surface area contributed by atoms with Crippen molar-refractivity contribution in [2.24, 2.45) is 0 Å². The minimum absolute atomic E-state index is 0.0637. The fourth-order valence-electron chi connectivity index (χ4n) is 3.55. The van der Waals surface area contributed by atoms with Gasteiger partial charge in [0.2, 0.25) is 15.9 Å². The molecule has 0 saturated carbocycles. The highest BCUT2D eigenvalue weighted by molar-refractivity contribution is 7.89. The van der Waals surface area contributed by atoms with Crippen LogP contribution < -0.4 is 4.72 Å². The largest absolute Gasteiger partial charge is 0.334 e. The highest BCUT2D eigenvalue weighted by atomic mass is 32.2. The first-order chi connectivity index (χ1) is 15.6. The molecule has 0 aromatic heterocycles. The van der Waals surface area contributed by atoms with Crippen LogP contribution in [0.25, 0.3) is 0 Å². The molecule has 0 bridgehead atoms. The van der Waals surface area contributed by atoms with Crippen LogP contribution in [-0.4, -0.2) is 24.8 Å². The zero-order valence-electron chi connectivity index (χ0n) is 19.5. The number of rotatable bonds is 9. The minimum atomic E-state index is -3.57. The van der Waals surface area contributed by atoms with E-state index in [2.05, 4.69) is 4.72 Å². The van der Waals surface area contributed by atoms with Crippen LogP contribution in [0, 0.1) is 0 Å². The van der Waals surface area contributed by atoms with E-state index in [9.17, 15) is 13.2 Å². The van der Waals surface area contributed by atoms with E-state index in [1.807, 2.05) is 65.6 Å². The molecule has 0 radical (unpaired) electrons. The first kappa shape index (κ1) is 24.7. The van der Waals surface area contributed by atoms with Crippen LogP contribution in [0.1, 0.15) is 43.9 Å². The lowest BCUT2D eigenvalue weighted by molar-refractivity contribution is -0.132. The van der Waals surface area contributed by atoms with Gasteiger partial charge in [0, 0.05) is 25.0 Å². The lowest BCUT2D eigenvalue weighted by atomic mass is 10.1. The molecule has 1 N–H and O–H groups in total. The number of hydrogen-bond acceptors (Lipinski definition) is 3. The second-order valence-electron chi connectivity index (χ2n) is 9.22. The summed E-state index contributed by atoms with van der Waals surface area (Å²) in [5, 5.41) is 0. The number of carbonyl (C=O) groups excluding carboxylic acids is 1. The second-order valence-corrected chi connectivity index (χ2v) is 10.9. The Morgan fingerprint density at radius 1 is 0.758 bits per heavy atom. The van der Waals surface area contributed by atoms with Gasteiger partial charge in [-0.15, -0.1) is 0 Å². The topological polar surface area (TPSA) is 66.5 Å². The van der Waals surface area contributed by atoms with Crippen molar-refractivity contribution in [1.82, 2.24) is 9.62 Å². The summed E-state index contributed by atoms with van der Waals surface area (Å²) < 4.78 is 27.6. The van der Waals surface area contributed by atoms with Crippen molar-refractivity contribution < 1.29 is 13.2 Å². The second kappa shape index (κ2) is 10.8. The van der Waals surface area contributed by atoms with Crippen molar-refractivity contribution in [2.75, 3.05) is 0 Å². The summed E-state index contributed by atoms with van der Waals surface area (Å²) in [6.07, 6.45) is 0.901. The first-order valence-electron chi connectivity index (χ1n) is 11.1. The Morgan fingerprint density at radius 2 is 1.24 bits per heavy atom. The zero-order chi connectivity index (χ0) is 23.9. The maximum absolute atomic E-state index is 13.1. The number of hydrogen-bond donors (Lipinski definition) is 1. The standard InChI is InChI=1S/C27H32N2O3S/c1-27(2,3)28-33(31,32)25-17-14-22(15-18-25)16-19-26(30)29(20-23-10-6-4-7-11-23)21-24-12-8-5-9-13-24/h4-15,17-18,28H,16,19-21H2,1-3H3. The van der Waals surface area contributed by atoms with E-state index in [1.165, 1.54) is 0 Å². The lowest BCUT2D eigenvalue weighted by Gasteiger charge is -2.23. The highest BCUT2D eigenvalue weighted by Crippen LogP contribution is 2.16. The summed E-state index contributed by atoms with van der Waals surface area (Å²) in [5.41, 5.74) is 2.55. The number of aryl methyl sites for hydroxylation is 1. The van der Waals surface area contributed by atoms with Gasteiger partial charge in [-0.1, -0.05) is 72.8 Å². The molecule has 5 nitrogen and oxygen atoms in total. The number of amides is 1. The molecule has 0 spiro atoms. The van der Waals surface area contributed by atoms with E-state index in [0.717, 1.165) is 16.7 Å². The van der Waals surface area contributed by atoms with Crippen molar-refractivity contribution in [2.45, 2.75) is 57.1 Å². The van der Waals surface area contributed by atoms with Crippen molar-refractivity contribution in [1.29, 1.82) is 0 Å². The fraction of sp³-hybridized carbons (Fsp3) is 0.296. The third-order valence-electron chi connectivity index (χ3n) is 5.09. The van der Waals surface area contributed by atoms with Crippen LogP contribution >= 0.6 is 0 Å². The van der Waals surface area contributed by atoms with Crippen molar-refractivity contribution in [3.05, 3.63) is 102 Å². The number of nitrogens with one attached hydrogen (secondary N) is 1. The molecule has 0 aliphatic rings. The molecule has 6 heteroatoms. The summed E-state index contributed by atoms with van der Waals surface area (Å²) in [6.45, 7) is 6.51. The number of carbonyl (C=O) groups is 1. The summed E-state index contributed by atoms with van der Waals surface area (Å²) in [7, 11) is -3.57. The molecule has 3 rings (SSSR count). The third kappa shape index (κ3) is 7.84. The van der Waals surface area contributed by atoms with Crippen LogP contribution in [-0.2, 0) is 34.3 Å². The Labute approximate surface area is 197 Å². The Bertz CT molecular complexity index is 1100. The summed E-state index contributed by atoms with van der Waals surface area (Å²) in [6, 6.07) is 26.7. The van der Waals surface area contributed by atoms with Gasteiger partial charge >= 0.3 is 0 Å². The SMILES string of the molecule is CC(C)(C)NS(=O)(=O)c1ccc(CCC(=O)N(Cc2ccccc2)Cc2ccccc2)cc1. The quantitative estimate of drug-likeness (QED) is 0.489. The van der Waals surface area contributed by atoms with Crippen LogP contribution in [0.4, 0.5) is 0 Å². The molecule has 3 aromatic rings. The van der Waals surface area contributed by atoms with E-state index < -0.39 is 15.6 Å². The van der Waals surface area contributed by atoms with Gasteiger partial charge in [0.15, 0.2) is 0 Å². The molecule has 0 fully saturated rings. The van der Waals surface area contributed by atoms with Crippen LogP contribution in [0.5, 0.6) is 0 Å². The summed E-state index contributed by atoms with van der Waals surface area (Å²) >= 11 is 0. The monoisotopic (exact) mass is 464 g/mol. The van der Waals surface area contributed by atoms with Gasteiger partial charge in [-0.2, -0.15) is 0 Å². The maximum Gasteiger partial charge on any atom is 0.241 e. The van der Waals surface area contributed by atoms with E-state index >= 15 is 0 Å². The molecule has 3 aromatic carbocycles. The molecule has 0 saturated heterocycles. The van der Waals surface area contributed by atoms with E-state index in [-0.39, 0.29) is 10.8 Å². The Balaban J connectivity index is 1.66. The highest BCUT2D eigenvalue weighted by Gasteiger charge is 2.22. The molecular formula is C27H32N2O3S. The third-order valence-corrected chi connectivity index (χ3v) is 6.86. The molecule has 0 aliphatic carbocycles. The minimum Gasteiger partial charge on any atom is -0.334 e. The Hall–Kier alpha value is -2.96. The van der Waals surface area contributed by atoms with Gasteiger partial charge in [0.1, 0.15) is 0 Å². The van der Waals surface area contributed by atoms with E-state index in [0.29, 0.717) is 25.9 Å². The van der Waals surface area contributed by atoms with Crippen molar-refractivity contribution in [3.8, 4) is 0 Å². The average Bonchev–Trinajstić information content (AvgIpc) is 2.77. The van der Waals surface area contributed by atoms with Crippen molar-refractivity contribution >= 4 is 15.9 Å². The van der Waals surface area contributed by atoms with Crippen LogP contribution in [0.3, 0.4) is 0 Å². The first-order valence-corrected chi connectivity index (χ1v) is 12.6. The number of benzene rings is 3. The fourth-order valence-corrected chi connectivity index (χ4v) is 4.96. The van der Waals surface area contributed by atoms with E-state index in [4.69, 9.17) is 0 Å². The molecule has 0 aliphatic heterocycles. The molecule has 1 amide bonds. The maximum atomic E-state index is 13.1. The molecular weight excluding hydrogens is 432 g/mol. The van der Waals surface area contributed by atoms with Gasteiger partial charge in [0.25, 0.3) is 0 Å². The van der Waals surface area contributed by atoms with Gasteiger partial charge in [-0.05, 0) is 56.0 Å². The number of sulfonamides is 1. The molecule has 0 heterocycles. The van der Waals surface area contributed by atoms with Crippen LogP contribution in [0.15, 0.2) is 89.8 Å². The lowest BCUT2D eigenvalue weighted by Crippen LogP contribution is -2.40. The predicted molar refractivity (Wildman–Crippen MR) is 132 cm³/mol. The average molecular weight is 465 g/mol. The van der Waals surface area contributed by atoms with Gasteiger partial charge in [-0.25, -0.2) is 13.1 Å². The Kier molecular flexibility index (Phi) is 8.06. The summed E-state index contributed by atoms with van der Waals surface area (Å²) in [4.78, 5) is 15.2. The van der Waals surface area contributed by atoms with Crippen LogP contribution in [0.2, 0.25) is 0 Å². The van der Waals surface area contributed by atoms with Crippen molar-refractivity contribution in [3.63, 3.8) is 0 Å². The summed E-state index contributed by atoms with van der Waals surface area (Å²) in [5.74, 6) is 0.0637. The number of nitrogens with zero attached hydrogens (tertiary/aromatic N) is 1. The molecule has 0 atom stereocenters. The van der Waals surface area contributed by atoms with Gasteiger partial charge in [0.05, 0.1) is 4.90 Å². The predicted octanol–water partition coefficient (Wildman–Crippen LogP) is 4.93. The Morgan fingerprint density at radius 3 is 1.70 bits per heavy atom.